The fourth-order valence-electron chi connectivity index (χ4n) is 3.10. The van der Waals surface area contributed by atoms with Crippen molar-refractivity contribution in [2.75, 3.05) is 33.5 Å². The molecule has 25 heavy (non-hydrogen) atoms. The van der Waals surface area contributed by atoms with Gasteiger partial charge >= 0.3 is 6.03 Å². The molecule has 3 rings (SSSR count). The summed E-state index contributed by atoms with van der Waals surface area (Å²) in [5.74, 6) is -0.901. The largest absolute Gasteiger partial charge is 0.349 e. The van der Waals surface area contributed by atoms with Crippen molar-refractivity contribution in [2.45, 2.75) is 18.9 Å². The van der Waals surface area contributed by atoms with E-state index in [0.29, 0.717) is 17.2 Å². The Kier molecular flexibility index (Phi) is 3.78. The Morgan fingerprint density at radius 3 is 2.24 bits per heavy atom. The minimum atomic E-state index is -1.79. The number of aliphatic imine (C=N–C) groups is 1. The van der Waals surface area contributed by atoms with Gasteiger partial charge < -0.3 is 10.2 Å². The number of carbonyl (C=O) groups is 3. The smallest absolute Gasteiger partial charge is 0.333 e. The zero-order valence-corrected chi connectivity index (χ0v) is 15.0. The van der Waals surface area contributed by atoms with E-state index in [2.05, 4.69) is 10.3 Å². The van der Waals surface area contributed by atoms with E-state index in [1.165, 1.54) is 14.1 Å². The van der Waals surface area contributed by atoms with Crippen LogP contribution >= 0.6 is 0 Å². The Bertz CT molecular complexity index is 791. The van der Waals surface area contributed by atoms with Crippen molar-refractivity contribution in [2.24, 2.45) is 4.99 Å². The number of benzene rings is 1. The number of guanidine groups is 1. The molecular formula is C17H21N5O3. The predicted octanol–water partition coefficient (Wildman–Crippen LogP) is 0.838. The Hall–Kier alpha value is -2.90. The number of rotatable bonds is 1. The zero-order valence-electron chi connectivity index (χ0n) is 15.0. The van der Waals surface area contributed by atoms with Crippen molar-refractivity contribution in [3.8, 4) is 0 Å². The number of carbonyl (C=O) groups excluding carboxylic acids is 3. The minimum Gasteiger partial charge on any atom is -0.349 e. The SMILES string of the molecule is CCc1ccc2c(c1)C1(N=C(N(C)C)N2)C(=O)N(C)C(=O)N(C)C1=O. The second-order valence-electron chi connectivity index (χ2n) is 6.41. The van der Waals surface area contributed by atoms with Crippen molar-refractivity contribution < 1.29 is 14.4 Å². The maximum absolute atomic E-state index is 13.1. The summed E-state index contributed by atoms with van der Waals surface area (Å²) in [6, 6.07) is 4.93. The van der Waals surface area contributed by atoms with E-state index in [9.17, 15) is 14.4 Å². The van der Waals surface area contributed by atoms with Gasteiger partial charge in [-0.2, -0.15) is 0 Å². The molecule has 1 N–H and O–H groups in total. The van der Waals surface area contributed by atoms with Crippen LogP contribution in [0.15, 0.2) is 23.2 Å². The van der Waals surface area contributed by atoms with Gasteiger partial charge in [-0.3, -0.25) is 19.4 Å². The normalized spacial score (nSPS) is 18.9. The van der Waals surface area contributed by atoms with Gasteiger partial charge in [0.25, 0.3) is 11.8 Å². The molecule has 0 bridgehead atoms. The zero-order chi connectivity index (χ0) is 18.5. The molecule has 1 aromatic rings. The molecule has 0 unspecified atom stereocenters. The Morgan fingerprint density at radius 1 is 1.12 bits per heavy atom. The summed E-state index contributed by atoms with van der Waals surface area (Å²) in [5.41, 5.74) is 0.293. The number of imide groups is 2. The number of barbiturate groups is 1. The fraction of sp³-hybridized carbons (Fsp3) is 0.412. The van der Waals surface area contributed by atoms with Crippen LogP contribution in [0.1, 0.15) is 18.1 Å². The number of fused-ring (bicyclic) bond motifs is 2. The van der Waals surface area contributed by atoms with Crippen molar-refractivity contribution in [3.05, 3.63) is 29.3 Å². The van der Waals surface area contributed by atoms with Gasteiger partial charge in [0.1, 0.15) is 0 Å². The molecule has 2 aliphatic heterocycles. The third kappa shape index (κ3) is 2.20. The average molecular weight is 343 g/mol. The molecule has 0 aliphatic carbocycles. The number of hydrogen-bond acceptors (Lipinski definition) is 6. The lowest BCUT2D eigenvalue weighted by molar-refractivity contribution is -0.150. The monoisotopic (exact) mass is 343 g/mol. The van der Waals surface area contributed by atoms with Gasteiger partial charge in [-0.1, -0.05) is 19.1 Å². The van der Waals surface area contributed by atoms with Crippen LogP contribution in [0.4, 0.5) is 10.5 Å². The molecule has 0 radical (unpaired) electrons. The van der Waals surface area contributed by atoms with E-state index < -0.39 is 23.4 Å². The Morgan fingerprint density at radius 2 is 1.72 bits per heavy atom. The van der Waals surface area contributed by atoms with Gasteiger partial charge in [-0.25, -0.2) is 9.79 Å². The van der Waals surface area contributed by atoms with E-state index in [-0.39, 0.29) is 0 Å². The molecule has 2 heterocycles. The van der Waals surface area contributed by atoms with E-state index in [1.54, 1.807) is 19.0 Å². The summed E-state index contributed by atoms with van der Waals surface area (Å²) in [4.78, 5) is 46.4. The molecule has 4 amide bonds. The quantitative estimate of drug-likeness (QED) is 0.764. The summed E-state index contributed by atoms with van der Waals surface area (Å²) in [5, 5.41) is 3.15. The molecule has 1 saturated heterocycles. The number of aryl methyl sites for hydroxylation is 1. The molecule has 0 saturated carbocycles. The summed E-state index contributed by atoms with van der Waals surface area (Å²) < 4.78 is 0. The van der Waals surface area contributed by atoms with Gasteiger partial charge in [0.05, 0.1) is 0 Å². The summed E-state index contributed by atoms with van der Waals surface area (Å²) >= 11 is 0. The maximum Gasteiger partial charge on any atom is 0.333 e. The van der Waals surface area contributed by atoms with Crippen LogP contribution < -0.4 is 5.32 Å². The molecule has 132 valence electrons. The molecule has 8 heteroatoms. The number of nitrogens with one attached hydrogen (secondary N) is 1. The van der Waals surface area contributed by atoms with Crippen LogP contribution in [-0.2, 0) is 21.5 Å². The first kappa shape index (κ1) is 16.9. The highest BCUT2D eigenvalue weighted by atomic mass is 16.2. The second-order valence-corrected chi connectivity index (χ2v) is 6.41. The van der Waals surface area contributed by atoms with E-state index >= 15 is 0 Å². The molecule has 1 fully saturated rings. The number of amides is 4. The Labute approximate surface area is 146 Å². The van der Waals surface area contributed by atoms with Crippen LogP contribution in [0.3, 0.4) is 0 Å². The third-order valence-corrected chi connectivity index (χ3v) is 4.63. The fourth-order valence-corrected chi connectivity index (χ4v) is 3.10. The number of urea groups is 1. The first-order valence-electron chi connectivity index (χ1n) is 8.02. The summed E-state index contributed by atoms with van der Waals surface area (Å²) in [7, 11) is 6.26. The van der Waals surface area contributed by atoms with Crippen LogP contribution in [0.2, 0.25) is 0 Å². The molecule has 0 aromatic heterocycles. The van der Waals surface area contributed by atoms with Crippen LogP contribution in [0.25, 0.3) is 0 Å². The van der Waals surface area contributed by atoms with Crippen molar-refractivity contribution >= 4 is 29.5 Å². The highest BCUT2D eigenvalue weighted by Crippen LogP contribution is 2.41. The molecule has 8 nitrogen and oxygen atoms in total. The van der Waals surface area contributed by atoms with Gasteiger partial charge in [-0.15, -0.1) is 0 Å². The lowest BCUT2D eigenvalue weighted by Gasteiger charge is -2.42. The molecule has 1 aromatic carbocycles. The van der Waals surface area contributed by atoms with Gasteiger partial charge in [0.2, 0.25) is 5.54 Å². The first-order chi connectivity index (χ1) is 11.7. The van der Waals surface area contributed by atoms with Crippen molar-refractivity contribution in [1.29, 1.82) is 0 Å². The number of hydrogen-bond donors (Lipinski definition) is 1. The second kappa shape index (κ2) is 5.58. The van der Waals surface area contributed by atoms with Crippen LogP contribution in [-0.4, -0.2) is 66.7 Å². The molecule has 0 atom stereocenters. The lowest BCUT2D eigenvalue weighted by Crippen LogP contribution is -2.66. The number of nitrogens with zero attached hydrogens (tertiary/aromatic N) is 4. The highest BCUT2D eigenvalue weighted by molar-refractivity contribution is 6.25. The van der Waals surface area contributed by atoms with Crippen LogP contribution in [0.5, 0.6) is 0 Å². The topological polar surface area (TPSA) is 85.3 Å². The molecule has 2 aliphatic rings. The highest BCUT2D eigenvalue weighted by Gasteiger charge is 2.59. The lowest BCUT2D eigenvalue weighted by atomic mass is 9.82. The average Bonchev–Trinajstić information content (AvgIpc) is 2.62. The van der Waals surface area contributed by atoms with Crippen LogP contribution in [0, 0.1) is 0 Å². The van der Waals surface area contributed by atoms with E-state index in [4.69, 9.17) is 0 Å². The standard InChI is InChI=1S/C17H21N5O3/c1-6-10-7-8-12-11(9-10)17(19-15(18-12)20(2)3)13(23)21(4)16(25)22(5)14(17)24/h7-9H,6H2,1-5H3,(H,18,19). The van der Waals surface area contributed by atoms with Crippen molar-refractivity contribution in [1.82, 2.24) is 14.7 Å². The first-order valence-corrected chi connectivity index (χ1v) is 8.02. The predicted molar refractivity (Wildman–Crippen MR) is 93.2 cm³/mol. The number of likely N-dealkylation sites (N-methyl/N-ethyl adjacent to an activating group) is 2. The van der Waals surface area contributed by atoms with E-state index in [0.717, 1.165) is 21.8 Å². The Balaban J connectivity index is 2.33. The maximum atomic E-state index is 13.1. The van der Waals surface area contributed by atoms with Gasteiger partial charge in [0, 0.05) is 39.4 Å². The minimum absolute atomic E-state index is 0.384. The van der Waals surface area contributed by atoms with Crippen molar-refractivity contribution in [3.63, 3.8) is 0 Å². The van der Waals surface area contributed by atoms with Gasteiger partial charge in [-0.05, 0) is 18.1 Å². The summed E-state index contributed by atoms with van der Waals surface area (Å²) in [6.07, 6.45) is 0.751. The molecule has 1 spiro atoms. The number of anilines is 1. The molecular weight excluding hydrogens is 322 g/mol. The van der Waals surface area contributed by atoms with E-state index in [1.807, 2.05) is 25.1 Å². The summed E-state index contributed by atoms with van der Waals surface area (Å²) in [6.45, 7) is 1.99. The third-order valence-electron chi connectivity index (χ3n) is 4.63. The van der Waals surface area contributed by atoms with Gasteiger partial charge in [0.15, 0.2) is 5.96 Å².